The smallest absolute Gasteiger partial charge is 0.0827 e. The van der Waals surface area contributed by atoms with Crippen molar-refractivity contribution >= 4 is 0 Å². The van der Waals surface area contributed by atoms with Crippen LogP contribution in [0.1, 0.15) is 19.0 Å². The summed E-state index contributed by atoms with van der Waals surface area (Å²) in [7, 11) is 0. The van der Waals surface area contributed by atoms with Gasteiger partial charge in [0.2, 0.25) is 0 Å². The fraction of sp³-hybridized carbons (Fsp3) is 0.714. The minimum atomic E-state index is 0.721. The van der Waals surface area contributed by atoms with Crippen molar-refractivity contribution in [3.8, 4) is 0 Å². The van der Waals surface area contributed by atoms with Crippen molar-refractivity contribution in [3.05, 3.63) is 11.9 Å². The normalized spacial score (nSPS) is 10.4. The number of nitrogens with two attached hydrogens (primary N) is 1. The number of rotatable bonds is 4. The van der Waals surface area contributed by atoms with E-state index in [1.54, 1.807) is 0 Å². The first kappa shape index (κ1) is 8.20. The van der Waals surface area contributed by atoms with Crippen molar-refractivity contribution in [3.63, 3.8) is 0 Å². The molecule has 1 aromatic rings. The Morgan fingerprint density at radius 2 is 2.45 bits per heavy atom. The van der Waals surface area contributed by atoms with Crippen LogP contribution < -0.4 is 5.73 Å². The molecule has 11 heavy (non-hydrogen) atoms. The molecular formula is C7H14N4. The molecule has 0 aliphatic rings. The number of nitrogens with zero attached hydrogens (tertiary/aromatic N) is 3. The molecule has 0 aliphatic carbocycles. The third kappa shape index (κ3) is 2.31. The molecule has 1 heterocycles. The van der Waals surface area contributed by atoms with Gasteiger partial charge in [0, 0.05) is 12.7 Å². The van der Waals surface area contributed by atoms with E-state index in [1.807, 2.05) is 17.8 Å². The van der Waals surface area contributed by atoms with Crippen LogP contribution in [0.2, 0.25) is 0 Å². The molecule has 0 saturated heterocycles. The van der Waals surface area contributed by atoms with Crippen molar-refractivity contribution in [1.82, 2.24) is 15.0 Å². The fourth-order valence-electron chi connectivity index (χ4n) is 0.891. The Labute approximate surface area is 66.4 Å². The molecule has 62 valence electrons. The van der Waals surface area contributed by atoms with Crippen LogP contribution in [-0.4, -0.2) is 21.5 Å². The SMILES string of the molecule is CCn1cc(CCCN)nn1. The minimum absolute atomic E-state index is 0.721. The largest absolute Gasteiger partial charge is 0.330 e. The van der Waals surface area contributed by atoms with Gasteiger partial charge in [-0.2, -0.15) is 0 Å². The molecule has 1 aromatic heterocycles. The number of aryl methyl sites for hydroxylation is 2. The quantitative estimate of drug-likeness (QED) is 0.673. The summed E-state index contributed by atoms with van der Waals surface area (Å²) in [5.41, 5.74) is 6.40. The maximum Gasteiger partial charge on any atom is 0.0827 e. The number of hydrogen-bond acceptors (Lipinski definition) is 3. The summed E-state index contributed by atoms with van der Waals surface area (Å²) in [5.74, 6) is 0. The highest BCUT2D eigenvalue weighted by Gasteiger charge is 1.96. The zero-order valence-corrected chi connectivity index (χ0v) is 6.82. The highest BCUT2D eigenvalue weighted by Crippen LogP contribution is 1.96. The Morgan fingerprint density at radius 3 is 3.00 bits per heavy atom. The van der Waals surface area contributed by atoms with Crippen LogP contribution in [0, 0.1) is 0 Å². The molecule has 0 atom stereocenters. The topological polar surface area (TPSA) is 56.7 Å². The van der Waals surface area contributed by atoms with Gasteiger partial charge >= 0.3 is 0 Å². The Hall–Kier alpha value is -0.900. The summed E-state index contributed by atoms with van der Waals surface area (Å²) < 4.78 is 1.83. The molecule has 0 unspecified atom stereocenters. The second-order valence-corrected chi connectivity index (χ2v) is 2.46. The Kier molecular flexibility index (Phi) is 3.04. The van der Waals surface area contributed by atoms with Gasteiger partial charge in [-0.3, -0.25) is 4.68 Å². The maximum absolute atomic E-state index is 5.36. The van der Waals surface area contributed by atoms with Gasteiger partial charge in [0.25, 0.3) is 0 Å². The first-order valence-electron chi connectivity index (χ1n) is 3.96. The third-order valence-corrected chi connectivity index (χ3v) is 1.55. The van der Waals surface area contributed by atoms with Crippen LogP contribution >= 0.6 is 0 Å². The lowest BCUT2D eigenvalue weighted by molar-refractivity contribution is 0.626. The summed E-state index contributed by atoms with van der Waals surface area (Å²) in [4.78, 5) is 0. The molecule has 0 spiro atoms. The van der Waals surface area contributed by atoms with Gasteiger partial charge in [0.15, 0.2) is 0 Å². The summed E-state index contributed by atoms with van der Waals surface area (Å²) >= 11 is 0. The molecule has 0 saturated carbocycles. The monoisotopic (exact) mass is 154 g/mol. The molecule has 0 amide bonds. The lowest BCUT2D eigenvalue weighted by Gasteiger charge is -1.90. The Morgan fingerprint density at radius 1 is 1.64 bits per heavy atom. The van der Waals surface area contributed by atoms with Crippen LogP contribution in [0.25, 0.3) is 0 Å². The second-order valence-electron chi connectivity index (χ2n) is 2.46. The van der Waals surface area contributed by atoms with Gasteiger partial charge in [0.05, 0.1) is 5.69 Å². The summed E-state index contributed by atoms with van der Waals surface area (Å²) in [6.45, 7) is 3.65. The van der Waals surface area contributed by atoms with E-state index in [2.05, 4.69) is 10.3 Å². The van der Waals surface area contributed by atoms with E-state index in [0.29, 0.717) is 0 Å². The molecule has 4 nitrogen and oxygen atoms in total. The van der Waals surface area contributed by atoms with E-state index >= 15 is 0 Å². The van der Waals surface area contributed by atoms with Crippen LogP contribution in [0.15, 0.2) is 6.20 Å². The molecule has 4 heteroatoms. The number of hydrogen-bond donors (Lipinski definition) is 1. The first-order valence-corrected chi connectivity index (χ1v) is 3.96. The summed E-state index contributed by atoms with van der Waals surface area (Å²) in [6.07, 6.45) is 3.90. The average molecular weight is 154 g/mol. The van der Waals surface area contributed by atoms with Crippen molar-refractivity contribution in [1.29, 1.82) is 0 Å². The second kappa shape index (κ2) is 4.08. The molecule has 0 radical (unpaired) electrons. The van der Waals surface area contributed by atoms with Crippen LogP contribution in [0.3, 0.4) is 0 Å². The van der Waals surface area contributed by atoms with Crippen molar-refractivity contribution in [2.45, 2.75) is 26.3 Å². The fourth-order valence-corrected chi connectivity index (χ4v) is 0.891. The molecule has 0 aliphatic heterocycles. The molecular weight excluding hydrogens is 140 g/mol. The third-order valence-electron chi connectivity index (χ3n) is 1.55. The first-order chi connectivity index (χ1) is 5.36. The van der Waals surface area contributed by atoms with Gasteiger partial charge < -0.3 is 5.73 Å². The van der Waals surface area contributed by atoms with Crippen LogP contribution in [0.5, 0.6) is 0 Å². The van der Waals surface area contributed by atoms with Gasteiger partial charge in [-0.1, -0.05) is 5.21 Å². The van der Waals surface area contributed by atoms with Gasteiger partial charge in [-0.05, 0) is 26.3 Å². The van der Waals surface area contributed by atoms with E-state index in [4.69, 9.17) is 5.73 Å². The molecule has 0 bridgehead atoms. The zero-order valence-electron chi connectivity index (χ0n) is 6.82. The average Bonchev–Trinajstić information content (AvgIpc) is 2.48. The molecule has 0 fully saturated rings. The molecule has 1 rings (SSSR count). The van der Waals surface area contributed by atoms with Crippen LogP contribution in [0.4, 0.5) is 0 Å². The van der Waals surface area contributed by atoms with Crippen molar-refractivity contribution < 1.29 is 0 Å². The van der Waals surface area contributed by atoms with Crippen molar-refractivity contribution in [2.75, 3.05) is 6.54 Å². The van der Waals surface area contributed by atoms with Gasteiger partial charge in [-0.15, -0.1) is 5.10 Å². The van der Waals surface area contributed by atoms with Crippen LogP contribution in [-0.2, 0) is 13.0 Å². The Balaban J connectivity index is 2.44. The minimum Gasteiger partial charge on any atom is -0.330 e. The standard InChI is InChI=1S/C7H14N4/c1-2-11-6-7(9-10-11)4-3-5-8/h6H,2-5,8H2,1H3. The zero-order chi connectivity index (χ0) is 8.10. The van der Waals surface area contributed by atoms with E-state index < -0.39 is 0 Å². The summed E-state index contributed by atoms with van der Waals surface area (Å²) in [5, 5.41) is 7.90. The highest BCUT2D eigenvalue weighted by molar-refractivity contribution is 4.91. The van der Waals surface area contributed by atoms with Crippen molar-refractivity contribution in [2.24, 2.45) is 5.73 Å². The van der Waals surface area contributed by atoms with E-state index in [9.17, 15) is 0 Å². The highest BCUT2D eigenvalue weighted by atomic mass is 15.4. The number of aromatic nitrogens is 3. The molecule has 2 N–H and O–H groups in total. The van der Waals surface area contributed by atoms with Gasteiger partial charge in [0.1, 0.15) is 0 Å². The Bertz CT molecular complexity index is 206. The van der Waals surface area contributed by atoms with Gasteiger partial charge in [-0.25, -0.2) is 0 Å². The van der Waals surface area contributed by atoms with E-state index in [-0.39, 0.29) is 0 Å². The lowest BCUT2D eigenvalue weighted by atomic mass is 10.2. The van der Waals surface area contributed by atoms with E-state index in [0.717, 1.165) is 31.6 Å². The van der Waals surface area contributed by atoms with E-state index in [1.165, 1.54) is 0 Å². The maximum atomic E-state index is 5.36. The summed E-state index contributed by atoms with van der Waals surface area (Å²) in [6, 6.07) is 0. The molecule has 0 aromatic carbocycles. The predicted molar refractivity (Wildman–Crippen MR) is 43.1 cm³/mol. The predicted octanol–water partition coefficient (Wildman–Crippen LogP) is 0.189. The lowest BCUT2D eigenvalue weighted by Crippen LogP contribution is -2.00.